The van der Waals surface area contributed by atoms with Crippen molar-refractivity contribution in [2.75, 3.05) is 38.3 Å². The third kappa shape index (κ3) is 5.13. The molecule has 1 fully saturated rings. The predicted molar refractivity (Wildman–Crippen MR) is 99.2 cm³/mol. The van der Waals surface area contributed by atoms with Crippen LogP contribution in [0.2, 0.25) is 0 Å². The second-order valence-electron chi connectivity index (χ2n) is 5.77. The molecule has 122 valence electrons. The molecule has 0 aliphatic heterocycles. The first kappa shape index (κ1) is 17.0. The van der Waals surface area contributed by atoms with Crippen molar-refractivity contribution >= 4 is 23.4 Å². The van der Waals surface area contributed by atoms with Crippen LogP contribution in [-0.2, 0) is 0 Å². The number of aliphatic imine (C=N–C) groups is 1. The van der Waals surface area contributed by atoms with Crippen LogP contribution >= 0.6 is 11.8 Å². The molecule has 2 unspecified atom stereocenters. The lowest BCUT2D eigenvalue weighted by molar-refractivity contribution is 0.614. The minimum absolute atomic E-state index is 0.565. The number of hydrogen-bond acceptors (Lipinski definition) is 3. The van der Waals surface area contributed by atoms with E-state index in [-0.39, 0.29) is 0 Å². The van der Waals surface area contributed by atoms with Gasteiger partial charge in [0, 0.05) is 44.2 Å². The van der Waals surface area contributed by atoms with E-state index in [1.165, 1.54) is 24.9 Å². The van der Waals surface area contributed by atoms with Gasteiger partial charge in [-0.15, -0.1) is 0 Å². The number of rotatable bonds is 6. The number of nitrogens with zero attached hydrogens (tertiary/aromatic N) is 2. The molecule has 0 saturated heterocycles. The third-order valence-corrected chi connectivity index (χ3v) is 5.31. The number of thioether (sulfide) groups is 1. The Balaban J connectivity index is 1.71. The van der Waals surface area contributed by atoms with Crippen LogP contribution in [-0.4, -0.2) is 50.7 Å². The Hall–Kier alpha value is -1.36. The number of para-hydroxylation sites is 1. The van der Waals surface area contributed by atoms with Crippen molar-refractivity contribution in [3.05, 3.63) is 30.3 Å². The Morgan fingerprint density at radius 3 is 2.73 bits per heavy atom. The molecule has 0 aromatic heterocycles. The van der Waals surface area contributed by atoms with E-state index >= 15 is 0 Å². The normalized spacial score (nSPS) is 21.7. The Morgan fingerprint density at radius 2 is 2.09 bits per heavy atom. The molecule has 2 N–H and O–H groups in total. The standard InChI is InChI=1S/C17H28N4S/c1-18-17(20-14-9-10-16(13-14)22-3)19-11-12-21(2)15-7-5-4-6-8-15/h4-8,14,16H,9-13H2,1-3H3,(H2,18,19,20). The van der Waals surface area contributed by atoms with Gasteiger partial charge in [0.1, 0.15) is 0 Å². The van der Waals surface area contributed by atoms with E-state index in [1.807, 2.05) is 24.9 Å². The van der Waals surface area contributed by atoms with Gasteiger partial charge in [0.05, 0.1) is 0 Å². The van der Waals surface area contributed by atoms with Gasteiger partial charge < -0.3 is 15.5 Å². The highest BCUT2D eigenvalue weighted by Crippen LogP contribution is 2.27. The van der Waals surface area contributed by atoms with E-state index in [9.17, 15) is 0 Å². The third-order valence-electron chi connectivity index (χ3n) is 4.22. The van der Waals surface area contributed by atoms with E-state index in [1.54, 1.807) is 0 Å². The number of guanidine groups is 1. The van der Waals surface area contributed by atoms with Crippen LogP contribution in [0.3, 0.4) is 0 Å². The lowest BCUT2D eigenvalue weighted by atomic mass is 10.2. The quantitative estimate of drug-likeness (QED) is 0.624. The average Bonchev–Trinajstić information content (AvgIpc) is 3.02. The average molecular weight is 321 g/mol. The molecule has 0 amide bonds. The molecule has 0 radical (unpaired) electrons. The summed E-state index contributed by atoms with van der Waals surface area (Å²) >= 11 is 1.98. The zero-order valence-corrected chi connectivity index (χ0v) is 14.7. The van der Waals surface area contributed by atoms with Gasteiger partial charge in [0.25, 0.3) is 0 Å². The van der Waals surface area contributed by atoms with Crippen LogP contribution in [0, 0.1) is 0 Å². The topological polar surface area (TPSA) is 39.7 Å². The highest BCUT2D eigenvalue weighted by atomic mass is 32.2. The molecule has 1 aromatic rings. The molecule has 1 aromatic carbocycles. The van der Waals surface area contributed by atoms with Gasteiger partial charge in [-0.25, -0.2) is 0 Å². The number of nitrogens with one attached hydrogen (secondary N) is 2. The minimum Gasteiger partial charge on any atom is -0.373 e. The van der Waals surface area contributed by atoms with E-state index in [2.05, 4.69) is 58.1 Å². The molecule has 1 aliphatic rings. The zero-order chi connectivity index (χ0) is 15.8. The largest absolute Gasteiger partial charge is 0.373 e. The molecular formula is C17H28N4S. The van der Waals surface area contributed by atoms with Crippen molar-refractivity contribution in [1.82, 2.24) is 10.6 Å². The maximum absolute atomic E-state index is 4.34. The molecule has 22 heavy (non-hydrogen) atoms. The molecular weight excluding hydrogens is 292 g/mol. The molecule has 1 aliphatic carbocycles. The summed E-state index contributed by atoms with van der Waals surface area (Å²) in [6, 6.07) is 11.0. The van der Waals surface area contributed by atoms with Gasteiger partial charge in [-0.3, -0.25) is 4.99 Å². The van der Waals surface area contributed by atoms with E-state index < -0.39 is 0 Å². The highest BCUT2D eigenvalue weighted by Gasteiger charge is 2.24. The summed E-state index contributed by atoms with van der Waals surface area (Å²) in [5.74, 6) is 0.924. The summed E-state index contributed by atoms with van der Waals surface area (Å²) < 4.78 is 0. The monoisotopic (exact) mass is 320 g/mol. The van der Waals surface area contributed by atoms with Gasteiger partial charge >= 0.3 is 0 Å². The van der Waals surface area contributed by atoms with Crippen molar-refractivity contribution < 1.29 is 0 Å². The number of hydrogen-bond donors (Lipinski definition) is 2. The first-order chi connectivity index (χ1) is 10.7. The maximum Gasteiger partial charge on any atom is 0.191 e. The van der Waals surface area contributed by atoms with Crippen LogP contribution in [0.15, 0.2) is 35.3 Å². The SMILES string of the molecule is CN=C(NCCN(C)c1ccccc1)NC1CCC(SC)C1. The Labute approximate surface area is 138 Å². The number of likely N-dealkylation sites (N-methyl/N-ethyl adjacent to an activating group) is 1. The van der Waals surface area contributed by atoms with Crippen molar-refractivity contribution in [2.45, 2.75) is 30.6 Å². The van der Waals surface area contributed by atoms with E-state index in [0.717, 1.165) is 24.3 Å². The zero-order valence-electron chi connectivity index (χ0n) is 13.9. The number of anilines is 1. The van der Waals surface area contributed by atoms with E-state index in [4.69, 9.17) is 0 Å². The van der Waals surface area contributed by atoms with Crippen LogP contribution in [0.5, 0.6) is 0 Å². The first-order valence-electron chi connectivity index (χ1n) is 7.99. The lowest BCUT2D eigenvalue weighted by Gasteiger charge is -2.21. The maximum atomic E-state index is 4.34. The number of benzene rings is 1. The Kier molecular flexibility index (Phi) is 6.90. The van der Waals surface area contributed by atoms with E-state index in [0.29, 0.717) is 6.04 Å². The van der Waals surface area contributed by atoms with Crippen LogP contribution in [0.4, 0.5) is 5.69 Å². The van der Waals surface area contributed by atoms with Gasteiger partial charge in [-0.05, 0) is 37.7 Å². The van der Waals surface area contributed by atoms with Gasteiger partial charge in [0.15, 0.2) is 5.96 Å². The van der Waals surface area contributed by atoms with Crippen molar-refractivity contribution in [2.24, 2.45) is 4.99 Å². The summed E-state index contributed by atoms with van der Waals surface area (Å²) in [6.07, 6.45) is 6.01. The molecule has 4 nitrogen and oxygen atoms in total. The van der Waals surface area contributed by atoms with Crippen molar-refractivity contribution in [1.29, 1.82) is 0 Å². The van der Waals surface area contributed by atoms with Crippen LogP contribution in [0.1, 0.15) is 19.3 Å². The molecule has 0 bridgehead atoms. The highest BCUT2D eigenvalue weighted by molar-refractivity contribution is 7.99. The van der Waals surface area contributed by atoms with Crippen molar-refractivity contribution in [3.63, 3.8) is 0 Å². The second kappa shape index (κ2) is 8.93. The lowest BCUT2D eigenvalue weighted by Crippen LogP contribution is -2.44. The van der Waals surface area contributed by atoms with Crippen LogP contribution in [0.25, 0.3) is 0 Å². The summed E-state index contributed by atoms with van der Waals surface area (Å²) in [4.78, 5) is 6.59. The Bertz CT molecular complexity index is 463. The summed E-state index contributed by atoms with van der Waals surface area (Å²) in [5.41, 5.74) is 1.24. The van der Waals surface area contributed by atoms with Gasteiger partial charge in [-0.2, -0.15) is 11.8 Å². The van der Waals surface area contributed by atoms with Gasteiger partial charge in [-0.1, -0.05) is 18.2 Å². The molecule has 2 rings (SSSR count). The summed E-state index contributed by atoms with van der Waals surface area (Å²) in [5, 5.41) is 7.78. The van der Waals surface area contributed by atoms with Gasteiger partial charge in [0.2, 0.25) is 0 Å². The molecule has 0 heterocycles. The molecule has 2 atom stereocenters. The smallest absolute Gasteiger partial charge is 0.191 e. The van der Waals surface area contributed by atoms with Crippen molar-refractivity contribution in [3.8, 4) is 0 Å². The first-order valence-corrected chi connectivity index (χ1v) is 9.28. The minimum atomic E-state index is 0.565. The summed E-state index contributed by atoms with van der Waals surface area (Å²) in [7, 11) is 3.96. The molecule has 0 spiro atoms. The fourth-order valence-electron chi connectivity index (χ4n) is 2.83. The summed E-state index contributed by atoms with van der Waals surface area (Å²) in [6.45, 7) is 1.83. The fourth-order valence-corrected chi connectivity index (χ4v) is 3.62. The fraction of sp³-hybridized carbons (Fsp3) is 0.588. The van der Waals surface area contributed by atoms with Crippen LogP contribution < -0.4 is 15.5 Å². The molecule has 1 saturated carbocycles. The predicted octanol–water partition coefficient (Wildman–Crippen LogP) is 2.57. The second-order valence-corrected chi connectivity index (χ2v) is 6.91. The Morgan fingerprint density at radius 1 is 1.32 bits per heavy atom. The molecule has 5 heteroatoms.